The number of hydrogen-bond donors (Lipinski definition) is 4. The van der Waals surface area contributed by atoms with Gasteiger partial charge in [0.1, 0.15) is 11.6 Å². The maximum absolute atomic E-state index is 6.23. The Bertz CT molecular complexity index is 2800. The molecule has 0 spiro atoms. The van der Waals surface area contributed by atoms with Crippen molar-refractivity contribution in [2.45, 2.75) is 116 Å². The minimum absolute atomic E-state index is 0.0318. The van der Waals surface area contributed by atoms with E-state index in [0.29, 0.717) is 11.6 Å². The van der Waals surface area contributed by atoms with E-state index in [0.717, 1.165) is 80.8 Å². The monoisotopic (exact) mass is 886 g/mol. The van der Waals surface area contributed by atoms with Gasteiger partial charge in [0.15, 0.2) is 10.3 Å². The van der Waals surface area contributed by atoms with E-state index in [1.54, 1.807) is 22.7 Å². The van der Waals surface area contributed by atoms with Gasteiger partial charge in [-0.1, -0.05) is 156 Å². The lowest BCUT2D eigenvalue weighted by molar-refractivity contribution is 0.276. The number of hydrogen-bond acceptors (Lipinski definition) is 8. The van der Waals surface area contributed by atoms with Crippen molar-refractivity contribution in [3.8, 4) is 0 Å². The Hall–Kier alpha value is -5.44. The van der Waals surface area contributed by atoms with Crippen molar-refractivity contribution in [2.24, 2.45) is 0 Å². The van der Waals surface area contributed by atoms with E-state index in [1.165, 1.54) is 55.6 Å². The second-order valence-electron chi connectivity index (χ2n) is 20.2. The smallest absolute Gasteiger partial charge is 0.184 e. The van der Waals surface area contributed by atoms with Crippen LogP contribution in [0.3, 0.4) is 0 Å². The number of rotatable bonds is 13. The highest BCUT2D eigenvalue weighted by Gasteiger charge is 2.43. The molecule has 2 unspecified atom stereocenters. The van der Waals surface area contributed by atoms with Crippen molar-refractivity contribution < 1.29 is 0 Å². The largest absolute Gasteiger partial charge is 0.383 e. The van der Waals surface area contributed by atoms with Crippen LogP contribution in [0.4, 0.5) is 21.9 Å². The van der Waals surface area contributed by atoms with Gasteiger partial charge in [0.05, 0.1) is 9.75 Å². The molecule has 2 aliphatic carbocycles. The summed E-state index contributed by atoms with van der Waals surface area (Å²) in [5, 5.41) is 7.91. The van der Waals surface area contributed by atoms with Gasteiger partial charge < -0.3 is 22.1 Å². The second kappa shape index (κ2) is 16.8. The molecule has 2 aromatic heterocycles. The molecule has 0 saturated heterocycles. The summed E-state index contributed by atoms with van der Waals surface area (Å²) in [4.78, 5) is 11.0. The summed E-state index contributed by atoms with van der Waals surface area (Å²) < 4.78 is 0. The van der Waals surface area contributed by atoms with Gasteiger partial charge in [0.2, 0.25) is 0 Å². The zero-order valence-corrected chi connectivity index (χ0v) is 41.2. The van der Waals surface area contributed by atoms with E-state index in [-0.39, 0.29) is 21.7 Å². The first-order valence-electron chi connectivity index (χ1n) is 22.7. The van der Waals surface area contributed by atoms with E-state index in [4.69, 9.17) is 18.0 Å². The molecule has 6 nitrogen and oxygen atoms in total. The molecule has 2 heterocycles. The lowest BCUT2D eigenvalue weighted by Crippen LogP contribution is -2.38. The molecule has 0 bridgehead atoms. The average Bonchev–Trinajstić information content (AvgIpc) is 3.82. The van der Waals surface area contributed by atoms with Crippen molar-refractivity contribution in [3.63, 3.8) is 0 Å². The molecule has 2 aliphatic rings. The summed E-state index contributed by atoms with van der Waals surface area (Å²) in [5.41, 5.74) is 30.0. The number of nitrogen functional groups attached to an aromatic ring is 2. The molecule has 8 heteroatoms. The topological polar surface area (TPSA) is 102 Å². The van der Waals surface area contributed by atoms with Gasteiger partial charge in [-0.2, -0.15) is 0 Å². The van der Waals surface area contributed by atoms with E-state index >= 15 is 0 Å². The fourth-order valence-corrected chi connectivity index (χ4v) is 11.8. The van der Waals surface area contributed by atoms with Gasteiger partial charge in [-0.05, 0) is 134 Å². The number of allylic oxidation sites excluding steroid dienone is 2. The van der Waals surface area contributed by atoms with Gasteiger partial charge in [-0.15, -0.1) is 0 Å². The van der Waals surface area contributed by atoms with Crippen LogP contribution in [0, 0.1) is 13.8 Å². The third kappa shape index (κ3) is 8.47. The predicted molar refractivity (Wildman–Crippen MR) is 278 cm³/mol. The van der Waals surface area contributed by atoms with Crippen LogP contribution in [0.1, 0.15) is 144 Å². The predicted octanol–water partition coefficient (Wildman–Crippen LogP) is 13.7. The minimum atomic E-state index is -0.134. The molecule has 0 amide bonds. The first-order chi connectivity index (χ1) is 30.2. The number of aromatic nitrogens is 2. The number of benzene rings is 4. The zero-order valence-electron chi connectivity index (χ0n) is 39.6. The van der Waals surface area contributed by atoms with E-state index in [1.807, 2.05) is 14.1 Å². The van der Waals surface area contributed by atoms with Crippen LogP contribution in [0.15, 0.2) is 98.1 Å². The molecule has 0 aliphatic heterocycles. The number of aryl methyl sites for hydroxylation is 2. The number of thiazole rings is 2. The Morgan fingerprint density at radius 3 is 1.55 bits per heavy atom. The zero-order chi connectivity index (χ0) is 45.9. The molecule has 0 radical (unpaired) electrons. The Balaban J connectivity index is 1.04. The van der Waals surface area contributed by atoms with Crippen LogP contribution in [0.5, 0.6) is 0 Å². The average molecular weight is 887 g/mol. The lowest BCUT2D eigenvalue weighted by Gasteiger charge is -2.46. The van der Waals surface area contributed by atoms with Gasteiger partial charge >= 0.3 is 0 Å². The quantitative estimate of drug-likeness (QED) is 0.0862. The lowest BCUT2D eigenvalue weighted by atomic mass is 9.58. The summed E-state index contributed by atoms with van der Waals surface area (Å²) in [6, 6.07) is 27.6. The Morgan fingerprint density at radius 1 is 0.609 bits per heavy atom. The molecule has 64 heavy (non-hydrogen) atoms. The fraction of sp³-hybridized carbons (Fsp3) is 0.357. The number of nitrogens with two attached hydrogens (primary N) is 2. The Labute approximate surface area is 390 Å². The maximum Gasteiger partial charge on any atom is 0.184 e. The molecule has 6 N–H and O–H groups in total. The van der Waals surface area contributed by atoms with Crippen molar-refractivity contribution in [1.29, 1.82) is 0 Å². The normalized spacial score (nSPS) is 19.5. The van der Waals surface area contributed by atoms with Gasteiger partial charge in [-0.25, -0.2) is 9.97 Å². The molecule has 6 aromatic rings. The molecule has 2 atom stereocenters. The molecule has 332 valence electrons. The fourth-order valence-electron chi connectivity index (χ4n) is 10.1. The van der Waals surface area contributed by atoms with Crippen LogP contribution in [0.2, 0.25) is 0 Å². The van der Waals surface area contributed by atoms with Crippen molar-refractivity contribution in [2.75, 3.05) is 36.2 Å². The number of fused-ring (bicyclic) bond motifs is 2. The van der Waals surface area contributed by atoms with E-state index < -0.39 is 0 Å². The van der Waals surface area contributed by atoms with Crippen molar-refractivity contribution in [3.05, 3.63) is 175 Å². The van der Waals surface area contributed by atoms with Crippen LogP contribution >= 0.6 is 22.7 Å². The molecular weight excluding hydrogens is 821 g/mol. The number of nitrogens with one attached hydrogen (secondary N) is 2. The summed E-state index contributed by atoms with van der Waals surface area (Å²) in [6.45, 7) is 28.5. The van der Waals surface area contributed by atoms with Crippen molar-refractivity contribution >= 4 is 55.7 Å². The van der Waals surface area contributed by atoms with Gasteiger partial charge in [0, 0.05) is 37.8 Å². The minimum Gasteiger partial charge on any atom is -0.383 e. The highest BCUT2D eigenvalue weighted by Crippen LogP contribution is 2.53. The SMILES string of the molecule is C=C(c1ccc(Cc2sc(NC)nc2N)cc1)c1cc2c(cc1C)C(C)(CCC1(C)C=CC(C)(C)c3cc(C)c(C(=C)c4ccc(Cc5sc(NC)nc5N)cc4)cc31)CCC2(C)C. The maximum atomic E-state index is 6.23. The van der Waals surface area contributed by atoms with Crippen molar-refractivity contribution in [1.82, 2.24) is 9.97 Å². The molecule has 8 rings (SSSR count). The summed E-state index contributed by atoms with van der Waals surface area (Å²) in [5.74, 6) is 1.20. The first kappa shape index (κ1) is 45.1. The Kier molecular flexibility index (Phi) is 11.9. The molecular formula is C56H66N6S2. The van der Waals surface area contributed by atoms with Crippen LogP contribution in [-0.4, -0.2) is 24.1 Å². The standard InChI is InChI=1S/C56H66N6S2/c1-33-27-43-46(32-42(33)36(4)40-19-15-38(16-20-40)30-48-50(58)62-52(60-12)64-48)56(10,24-21-53(43,5)6)26-25-55(9)23-22-54(7,8)44-31-41(34(2)28-45(44)55)35(3)39-17-13-37(14-18-39)29-47-49(57)61-51(59-11)63-47/h13-21,24,27-28,31-32H,3-4,22-23,25-26,29-30,57-58H2,1-2,5-12H3,(H,59,61)(H,60,62). The van der Waals surface area contributed by atoms with Crippen LogP contribution in [-0.2, 0) is 34.5 Å². The van der Waals surface area contributed by atoms with E-state index in [9.17, 15) is 0 Å². The van der Waals surface area contributed by atoms with E-state index in [2.05, 4.69) is 168 Å². The first-order valence-corrected chi connectivity index (χ1v) is 24.3. The summed E-state index contributed by atoms with van der Waals surface area (Å²) >= 11 is 3.22. The third-order valence-corrected chi connectivity index (χ3v) is 16.8. The third-order valence-electron chi connectivity index (χ3n) is 14.7. The highest BCUT2D eigenvalue weighted by atomic mass is 32.1. The molecule has 0 saturated carbocycles. The second-order valence-corrected chi connectivity index (χ2v) is 22.4. The number of anilines is 4. The molecule has 4 aromatic carbocycles. The van der Waals surface area contributed by atoms with Gasteiger partial charge in [0.25, 0.3) is 0 Å². The van der Waals surface area contributed by atoms with Gasteiger partial charge in [-0.3, -0.25) is 0 Å². The highest BCUT2D eigenvalue weighted by molar-refractivity contribution is 7.16. The number of nitrogens with zero attached hydrogens (tertiary/aromatic N) is 2. The van der Waals surface area contributed by atoms with Crippen LogP contribution < -0.4 is 22.1 Å². The summed E-state index contributed by atoms with van der Waals surface area (Å²) in [6.07, 6.45) is 10.9. The van der Waals surface area contributed by atoms with Crippen LogP contribution in [0.25, 0.3) is 11.1 Å². The summed E-state index contributed by atoms with van der Waals surface area (Å²) in [7, 11) is 3.75. The Morgan fingerprint density at radius 2 is 1.08 bits per heavy atom. The molecule has 0 fully saturated rings.